The highest BCUT2D eigenvalue weighted by Gasteiger charge is 2.35. The van der Waals surface area contributed by atoms with Crippen LogP contribution in [0.15, 0.2) is 68.6 Å². The lowest BCUT2D eigenvalue weighted by Gasteiger charge is -2.24. The lowest BCUT2D eigenvalue weighted by Crippen LogP contribution is -2.21. The normalized spacial score (nSPS) is 15.6. The molecule has 1 aliphatic heterocycles. The zero-order valence-corrected chi connectivity index (χ0v) is 15.9. The van der Waals surface area contributed by atoms with Crippen molar-refractivity contribution < 1.29 is 28.2 Å². The van der Waals surface area contributed by atoms with Gasteiger partial charge >= 0.3 is 5.97 Å². The summed E-state index contributed by atoms with van der Waals surface area (Å²) in [5.74, 6) is -0.108. The van der Waals surface area contributed by atoms with Crippen molar-refractivity contribution in [1.29, 1.82) is 0 Å². The van der Waals surface area contributed by atoms with Gasteiger partial charge in [-0.1, -0.05) is 18.2 Å². The molecule has 0 amide bonds. The maximum absolute atomic E-state index is 13.4. The molecule has 0 spiro atoms. The smallest absolute Gasteiger partial charge is 0.312 e. The Morgan fingerprint density at radius 1 is 1.07 bits per heavy atom. The lowest BCUT2D eigenvalue weighted by atomic mass is 9.88. The van der Waals surface area contributed by atoms with Gasteiger partial charge in [0.1, 0.15) is 40.2 Å². The average Bonchev–Trinajstić information content (AvgIpc) is 3.28. The number of hydrogen-bond donors (Lipinski definition) is 1. The molecule has 1 N–H and O–H groups in total. The van der Waals surface area contributed by atoms with Gasteiger partial charge in [0, 0.05) is 17.2 Å². The van der Waals surface area contributed by atoms with Gasteiger partial charge in [0.15, 0.2) is 0 Å². The molecule has 5 rings (SSSR count). The van der Waals surface area contributed by atoms with E-state index in [1.54, 1.807) is 36.4 Å². The minimum absolute atomic E-state index is 0.00617. The summed E-state index contributed by atoms with van der Waals surface area (Å²) >= 11 is 0. The van der Waals surface area contributed by atoms with E-state index >= 15 is 0 Å². The number of phenols is 1. The highest BCUT2D eigenvalue weighted by molar-refractivity contribution is 5.94. The Hall–Kier alpha value is -4.00. The quantitative estimate of drug-likeness (QED) is 0.403. The molecular formula is C23H16O7. The maximum Gasteiger partial charge on any atom is 0.312 e. The van der Waals surface area contributed by atoms with E-state index < -0.39 is 17.3 Å². The maximum atomic E-state index is 13.4. The topological polar surface area (TPSA) is 99.1 Å². The van der Waals surface area contributed by atoms with E-state index in [2.05, 4.69) is 0 Å². The fraction of sp³-hybridized carbons (Fsp3) is 0.130. The van der Waals surface area contributed by atoms with E-state index in [0.29, 0.717) is 22.6 Å². The molecule has 0 radical (unpaired) electrons. The molecule has 4 aromatic rings. The van der Waals surface area contributed by atoms with Gasteiger partial charge in [-0.25, -0.2) is 0 Å². The van der Waals surface area contributed by atoms with Crippen molar-refractivity contribution in [2.75, 3.05) is 7.11 Å². The Balaban J connectivity index is 1.81. The summed E-state index contributed by atoms with van der Waals surface area (Å²) < 4.78 is 22.0. The van der Waals surface area contributed by atoms with Crippen molar-refractivity contribution in [2.45, 2.75) is 12.3 Å². The Bertz CT molecular complexity index is 1330. The zero-order valence-electron chi connectivity index (χ0n) is 15.9. The number of methoxy groups -OCH3 is 1. The van der Waals surface area contributed by atoms with Gasteiger partial charge in [0.05, 0.1) is 31.3 Å². The molecule has 30 heavy (non-hydrogen) atoms. The van der Waals surface area contributed by atoms with Gasteiger partial charge < -0.3 is 23.4 Å². The summed E-state index contributed by atoms with van der Waals surface area (Å²) in [6.07, 6.45) is 2.86. The number of fused-ring (bicyclic) bond motifs is 3. The molecule has 150 valence electrons. The number of ether oxygens (including phenoxy) is 2. The number of esters is 1. The summed E-state index contributed by atoms with van der Waals surface area (Å²) in [5.41, 5.74) is 1.01. The number of furan rings is 1. The Labute approximate surface area is 170 Å². The van der Waals surface area contributed by atoms with Crippen molar-refractivity contribution in [3.63, 3.8) is 0 Å². The molecule has 0 aliphatic carbocycles. The second kappa shape index (κ2) is 6.81. The van der Waals surface area contributed by atoms with E-state index in [1.165, 1.54) is 25.7 Å². The second-order valence-electron chi connectivity index (χ2n) is 6.94. The average molecular weight is 404 g/mol. The summed E-state index contributed by atoms with van der Waals surface area (Å²) in [6.45, 7) is 0. The number of rotatable bonds is 3. The standard InChI is InChI=1S/C23H16O7/c1-27-16-6-3-2-5-12(16)14-11-29-23-20-13(17-7-4-8-28-17)9-19(25)30-18(20)10-15(24)21(23)22(14)26/h2-8,10-11,13,24H,9H2,1H3/t13-/m0/s1. The van der Waals surface area contributed by atoms with E-state index in [-0.39, 0.29) is 34.5 Å². The molecule has 2 aromatic heterocycles. The van der Waals surface area contributed by atoms with Crippen molar-refractivity contribution in [3.8, 4) is 28.4 Å². The fourth-order valence-electron chi connectivity index (χ4n) is 3.92. The first kappa shape index (κ1) is 18.1. The Morgan fingerprint density at radius 2 is 1.90 bits per heavy atom. The first-order chi connectivity index (χ1) is 14.6. The molecule has 1 atom stereocenters. The minimum atomic E-state index is -0.500. The third-order valence-corrected chi connectivity index (χ3v) is 5.25. The van der Waals surface area contributed by atoms with Crippen LogP contribution in [0.5, 0.6) is 17.2 Å². The van der Waals surface area contributed by atoms with Crippen LogP contribution in [0.3, 0.4) is 0 Å². The van der Waals surface area contributed by atoms with Crippen LogP contribution in [0.1, 0.15) is 23.7 Å². The SMILES string of the molecule is COc1ccccc1-c1coc2c3c(cc(O)c2c1=O)OC(=O)C[C@H]3c1ccco1. The van der Waals surface area contributed by atoms with E-state index in [0.717, 1.165) is 0 Å². The van der Waals surface area contributed by atoms with Gasteiger partial charge in [-0.15, -0.1) is 0 Å². The van der Waals surface area contributed by atoms with Crippen LogP contribution in [-0.2, 0) is 4.79 Å². The molecule has 0 fully saturated rings. The predicted octanol–water partition coefficient (Wildman–Crippen LogP) is 4.21. The molecular weight excluding hydrogens is 388 g/mol. The van der Waals surface area contributed by atoms with Crippen LogP contribution >= 0.6 is 0 Å². The number of carbonyl (C=O) groups is 1. The van der Waals surface area contributed by atoms with E-state index in [4.69, 9.17) is 18.3 Å². The largest absolute Gasteiger partial charge is 0.507 e. The molecule has 2 aromatic carbocycles. The Morgan fingerprint density at radius 3 is 2.67 bits per heavy atom. The highest BCUT2D eigenvalue weighted by Crippen LogP contribution is 2.45. The van der Waals surface area contributed by atoms with Crippen LogP contribution in [0, 0.1) is 0 Å². The number of benzene rings is 2. The molecule has 1 aliphatic rings. The summed E-state index contributed by atoms with van der Waals surface area (Å²) in [6, 6.07) is 11.8. The minimum Gasteiger partial charge on any atom is -0.507 e. The molecule has 0 saturated heterocycles. The summed E-state index contributed by atoms with van der Waals surface area (Å²) in [7, 11) is 1.51. The van der Waals surface area contributed by atoms with Gasteiger partial charge in [-0.2, -0.15) is 0 Å². The number of carbonyl (C=O) groups excluding carboxylic acids is 1. The third kappa shape index (κ3) is 2.67. The lowest BCUT2D eigenvalue weighted by molar-refractivity contribution is -0.135. The number of para-hydroxylation sites is 1. The zero-order chi connectivity index (χ0) is 20.8. The van der Waals surface area contributed by atoms with Crippen LogP contribution < -0.4 is 14.9 Å². The molecule has 0 saturated carbocycles. The van der Waals surface area contributed by atoms with Gasteiger partial charge in [0.25, 0.3) is 0 Å². The number of aromatic hydroxyl groups is 1. The molecule has 7 heteroatoms. The first-order valence-corrected chi connectivity index (χ1v) is 9.27. The second-order valence-corrected chi connectivity index (χ2v) is 6.94. The first-order valence-electron chi connectivity index (χ1n) is 9.27. The Kier molecular flexibility index (Phi) is 4.10. The third-order valence-electron chi connectivity index (χ3n) is 5.25. The van der Waals surface area contributed by atoms with Crippen molar-refractivity contribution in [3.05, 3.63) is 76.5 Å². The molecule has 0 unspecified atom stereocenters. The molecule has 3 heterocycles. The van der Waals surface area contributed by atoms with Gasteiger partial charge in [-0.05, 0) is 18.2 Å². The molecule has 0 bridgehead atoms. The number of phenolic OH excluding ortho intramolecular Hbond substituents is 1. The van der Waals surface area contributed by atoms with Crippen LogP contribution in [0.25, 0.3) is 22.1 Å². The van der Waals surface area contributed by atoms with Gasteiger partial charge in [0.2, 0.25) is 5.43 Å². The monoisotopic (exact) mass is 404 g/mol. The van der Waals surface area contributed by atoms with Crippen LogP contribution in [0.2, 0.25) is 0 Å². The molecule has 7 nitrogen and oxygen atoms in total. The highest BCUT2D eigenvalue weighted by atomic mass is 16.5. The predicted molar refractivity (Wildman–Crippen MR) is 107 cm³/mol. The van der Waals surface area contributed by atoms with Crippen LogP contribution in [0.4, 0.5) is 0 Å². The van der Waals surface area contributed by atoms with Crippen LogP contribution in [-0.4, -0.2) is 18.2 Å². The van der Waals surface area contributed by atoms with Gasteiger partial charge in [-0.3, -0.25) is 9.59 Å². The van der Waals surface area contributed by atoms with Crippen molar-refractivity contribution in [1.82, 2.24) is 0 Å². The summed E-state index contributed by atoms with van der Waals surface area (Å²) in [5, 5.41) is 10.6. The number of hydrogen-bond acceptors (Lipinski definition) is 7. The summed E-state index contributed by atoms with van der Waals surface area (Å²) in [4.78, 5) is 25.5. The van der Waals surface area contributed by atoms with E-state index in [1.807, 2.05) is 0 Å². The van der Waals surface area contributed by atoms with Crippen molar-refractivity contribution >= 4 is 16.9 Å². The van der Waals surface area contributed by atoms with Crippen molar-refractivity contribution in [2.24, 2.45) is 0 Å². The van der Waals surface area contributed by atoms with E-state index in [9.17, 15) is 14.7 Å². The fourth-order valence-corrected chi connectivity index (χ4v) is 3.92.